The molecule has 0 saturated carbocycles. The van der Waals surface area contributed by atoms with Crippen molar-refractivity contribution in [1.29, 1.82) is 0 Å². The second kappa shape index (κ2) is 3.77. The Bertz CT molecular complexity index is 642. The van der Waals surface area contributed by atoms with Crippen LogP contribution in [0.1, 0.15) is 22.3 Å². The van der Waals surface area contributed by atoms with E-state index < -0.39 is 0 Å². The summed E-state index contributed by atoms with van der Waals surface area (Å²) in [5.74, 6) is 0.695. The molecule has 1 aliphatic rings. The van der Waals surface area contributed by atoms with Crippen molar-refractivity contribution in [1.82, 2.24) is 0 Å². The minimum atomic E-state index is 0.340. The predicted octanol–water partition coefficient (Wildman–Crippen LogP) is 3.48. The summed E-state index contributed by atoms with van der Waals surface area (Å²) in [7, 11) is 0. The minimum absolute atomic E-state index is 0.340. The summed E-state index contributed by atoms with van der Waals surface area (Å²) in [4.78, 5) is 0. The van der Waals surface area contributed by atoms with Crippen LogP contribution in [0.2, 0.25) is 0 Å². The summed E-state index contributed by atoms with van der Waals surface area (Å²) in [5.41, 5.74) is 6.60. The molecule has 3 rings (SSSR count). The van der Waals surface area contributed by atoms with E-state index in [0.29, 0.717) is 11.5 Å². The van der Waals surface area contributed by atoms with E-state index >= 15 is 0 Å². The lowest BCUT2D eigenvalue weighted by molar-refractivity contribution is 0.470. The molecule has 1 aliphatic carbocycles. The number of phenols is 2. The summed E-state index contributed by atoms with van der Waals surface area (Å²) in [6.45, 7) is 3.88. The van der Waals surface area contributed by atoms with Crippen LogP contribution in [-0.4, -0.2) is 10.2 Å². The molecule has 2 nitrogen and oxygen atoms in total. The number of phenolic OH excluding ortho intramolecular Hbond substituents is 2. The van der Waals surface area contributed by atoms with Gasteiger partial charge in [0.1, 0.15) is 11.5 Å². The van der Waals surface area contributed by atoms with Crippen LogP contribution in [0.4, 0.5) is 0 Å². The first-order chi connectivity index (χ1) is 8.58. The quantitative estimate of drug-likeness (QED) is 0.740. The van der Waals surface area contributed by atoms with E-state index in [4.69, 9.17) is 0 Å². The highest BCUT2D eigenvalue weighted by molar-refractivity contribution is 5.77. The normalized spacial score (nSPS) is 13.0. The molecular formula is C16H16O2. The monoisotopic (exact) mass is 240 g/mol. The molecule has 0 aliphatic heterocycles. The van der Waals surface area contributed by atoms with E-state index in [0.717, 1.165) is 35.1 Å². The number of rotatable bonds is 0. The van der Waals surface area contributed by atoms with Gasteiger partial charge in [-0.3, -0.25) is 0 Å². The molecule has 0 fully saturated rings. The fourth-order valence-electron chi connectivity index (χ4n) is 2.79. The van der Waals surface area contributed by atoms with Gasteiger partial charge in [0.25, 0.3) is 0 Å². The molecule has 0 saturated heterocycles. The van der Waals surface area contributed by atoms with E-state index in [-0.39, 0.29) is 0 Å². The highest BCUT2D eigenvalue weighted by atomic mass is 16.3. The van der Waals surface area contributed by atoms with Gasteiger partial charge in [-0.1, -0.05) is 12.1 Å². The van der Waals surface area contributed by atoms with E-state index in [1.165, 1.54) is 11.1 Å². The van der Waals surface area contributed by atoms with Crippen molar-refractivity contribution in [3.8, 4) is 22.6 Å². The Morgan fingerprint density at radius 2 is 1.67 bits per heavy atom. The van der Waals surface area contributed by atoms with Crippen molar-refractivity contribution >= 4 is 0 Å². The summed E-state index contributed by atoms with van der Waals surface area (Å²) in [6.07, 6.45) is 1.92. The van der Waals surface area contributed by atoms with E-state index in [1.807, 2.05) is 26.0 Å². The zero-order chi connectivity index (χ0) is 12.9. The van der Waals surface area contributed by atoms with Gasteiger partial charge >= 0.3 is 0 Å². The maximum atomic E-state index is 9.88. The summed E-state index contributed by atoms with van der Waals surface area (Å²) in [6, 6.07) is 7.60. The molecule has 2 aromatic rings. The zero-order valence-corrected chi connectivity index (χ0v) is 10.6. The van der Waals surface area contributed by atoms with Crippen LogP contribution in [0.15, 0.2) is 24.3 Å². The Labute approximate surface area is 107 Å². The van der Waals surface area contributed by atoms with Gasteiger partial charge in [-0.15, -0.1) is 0 Å². The Kier molecular flexibility index (Phi) is 2.34. The third-order valence-electron chi connectivity index (χ3n) is 3.93. The van der Waals surface area contributed by atoms with Crippen LogP contribution in [0.3, 0.4) is 0 Å². The molecule has 92 valence electrons. The van der Waals surface area contributed by atoms with Crippen LogP contribution < -0.4 is 0 Å². The molecule has 0 atom stereocenters. The van der Waals surface area contributed by atoms with Crippen LogP contribution in [0.25, 0.3) is 11.1 Å². The van der Waals surface area contributed by atoms with Crippen LogP contribution >= 0.6 is 0 Å². The second-order valence-corrected chi connectivity index (χ2v) is 5.03. The fraction of sp³-hybridized carbons (Fsp3) is 0.250. The Morgan fingerprint density at radius 3 is 2.44 bits per heavy atom. The highest BCUT2D eigenvalue weighted by Gasteiger charge is 2.20. The van der Waals surface area contributed by atoms with E-state index in [1.54, 1.807) is 6.07 Å². The molecular weight excluding hydrogens is 224 g/mol. The van der Waals surface area contributed by atoms with Gasteiger partial charge in [0.15, 0.2) is 0 Å². The molecule has 0 radical (unpaired) electrons. The average molecular weight is 240 g/mol. The number of aryl methyl sites for hydroxylation is 2. The maximum Gasteiger partial charge on any atom is 0.119 e. The Hall–Kier alpha value is -1.96. The molecule has 2 aromatic carbocycles. The largest absolute Gasteiger partial charge is 0.508 e. The SMILES string of the molecule is Cc1cc2c(cc1O)-c1ccc(O)c(C)c1CC2. The topological polar surface area (TPSA) is 40.5 Å². The van der Waals surface area contributed by atoms with Gasteiger partial charge in [-0.2, -0.15) is 0 Å². The van der Waals surface area contributed by atoms with Crippen LogP contribution in [-0.2, 0) is 12.8 Å². The lowest BCUT2D eigenvalue weighted by Crippen LogP contribution is -2.06. The van der Waals surface area contributed by atoms with Gasteiger partial charge in [0.05, 0.1) is 0 Å². The molecule has 0 aromatic heterocycles. The summed E-state index contributed by atoms with van der Waals surface area (Å²) >= 11 is 0. The Morgan fingerprint density at radius 1 is 0.889 bits per heavy atom. The van der Waals surface area contributed by atoms with Gasteiger partial charge in [0, 0.05) is 0 Å². The standard InChI is InChI=1S/C16H16O2/c1-9-7-11-3-4-12-10(2)15(17)6-5-13(12)14(11)8-16(9)18/h5-8,17-18H,3-4H2,1-2H3. The molecule has 18 heavy (non-hydrogen) atoms. The van der Waals surface area contributed by atoms with E-state index in [2.05, 4.69) is 6.07 Å². The van der Waals surface area contributed by atoms with Gasteiger partial charge < -0.3 is 10.2 Å². The lowest BCUT2D eigenvalue weighted by atomic mass is 9.82. The first kappa shape index (κ1) is 11.1. The van der Waals surface area contributed by atoms with Crippen molar-refractivity contribution in [2.24, 2.45) is 0 Å². The molecule has 0 spiro atoms. The summed E-state index contributed by atoms with van der Waals surface area (Å²) < 4.78 is 0. The van der Waals surface area contributed by atoms with E-state index in [9.17, 15) is 10.2 Å². The molecule has 0 amide bonds. The smallest absolute Gasteiger partial charge is 0.119 e. The third-order valence-corrected chi connectivity index (χ3v) is 3.93. The number of aromatic hydroxyl groups is 2. The van der Waals surface area contributed by atoms with Crippen molar-refractivity contribution in [3.63, 3.8) is 0 Å². The third kappa shape index (κ3) is 1.49. The number of fused-ring (bicyclic) bond motifs is 3. The molecule has 0 unspecified atom stereocenters. The van der Waals surface area contributed by atoms with Crippen molar-refractivity contribution < 1.29 is 10.2 Å². The first-order valence-electron chi connectivity index (χ1n) is 6.22. The number of hydrogen-bond acceptors (Lipinski definition) is 2. The minimum Gasteiger partial charge on any atom is -0.508 e. The van der Waals surface area contributed by atoms with Crippen LogP contribution in [0, 0.1) is 13.8 Å². The fourth-order valence-corrected chi connectivity index (χ4v) is 2.79. The number of hydrogen-bond donors (Lipinski definition) is 2. The zero-order valence-electron chi connectivity index (χ0n) is 10.6. The number of benzene rings is 2. The predicted molar refractivity (Wildman–Crippen MR) is 72.1 cm³/mol. The van der Waals surface area contributed by atoms with Gasteiger partial charge in [-0.25, -0.2) is 0 Å². The Balaban J connectivity index is 2.29. The van der Waals surface area contributed by atoms with Gasteiger partial charge in [0.2, 0.25) is 0 Å². The first-order valence-corrected chi connectivity index (χ1v) is 6.22. The van der Waals surface area contributed by atoms with Crippen LogP contribution in [0.5, 0.6) is 11.5 Å². The lowest BCUT2D eigenvalue weighted by Gasteiger charge is -2.23. The average Bonchev–Trinajstić information content (AvgIpc) is 2.35. The molecule has 0 heterocycles. The molecule has 2 N–H and O–H groups in total. The van der Waals surface area contributed by atoms with Crippen molar-refractivity contribution in [3.05, 3.63) is 46.5 Å². The summed E-state index contributed by atoms with van der Waals surface area (Å²) in [5, 5.41) is 19.6. The highest BCUT2D eigenvalue weighted by Crippen LogP contribution is 2.40. The maximum absolute atomic E-state index is 9.88. The van der Waals surface area contributed by atoms with Crippen molar-refractivity contribution in [2.75, 3.05) is 0 Å². The molecule has 2 heteroatoms. The van der Waals surface area contributed by atoms with Gasteiger partial charge in [-0.05, 0) is 72.2 Å². The molecule has 0 bridgehead atoms. The second-order valence-electron chi connectivity index (χ2n) is 5.03. The van der Waals surface area contributed by atoms with Crippen molar-refractivity contribution in [2.45, 2.75) is 26.7 Å².